The molecule has 1 N–H and O–H groups in total. The number of nitrogens with zero attached hydrogens (tertiary/aromatic N) is 2. The van der Waals surface area contributed by atoms with Crippen LogP contribution in [0.15, 0.2) is 0 Å². The monoisotopic (exact) mass is 266 g/mol. The lowest BCUT2D eigenvalue weighted by atomic mass is 9.94. The minimum Gasteiger partial charge on any atom is -0.481 e. The molecule has 0 aromatic rings. The van der Waals surface area contributed by atoms with E-state index in [1.165, 1.54) is 4.90 Å². The summed E-state index contributed by atoms with van der Waals surface area (Å²) in [7, 11) is 1.66. The molecular weight excluding hydrogens is 244 g/mol. The zero-order valence-electron chi connectivity index (χ0n) is 11.8. The van der Waals surface area contributed by atoms with Crippen LogP contribution in [-0.2, 0) is 9.59 Å². The summed E-state index contributed by atoms with van der Waals surface area (Å²) in [6.07, 6.45) is 2.41. The minimum absolute atomic E-state index is 0.133. The Balaban J connectivity index is 2.79. The SMILES string of the molecule is CCC1C[C@H](C(=O)N(C)C(C)CC#N)[C@H](C(=O)O)C1. The number of amides is 1. The maximum Gasteiger partial charge on any atom is 0.307 e. The fraction of sp³-hybridized carbons (Fsp3) is 0.786. The molecule has 1 aliphatic rings. The van der Waals surface area contributed by atoms with Crippen molar-refractivity contribution in [3.63, 3.8) is 0 Å². The summed E-state index contributed by atoms with van der Waals surface area (Å²) in [5, 5.41) is 17.9. The van der Waals surface area contributed by atoms with Crippen LogP contribution in [-0.4, -0.2) is 35.0 Å². The van der Waals surface area contributed by atoms with Gasteiger partial charge in [-0.15, -0.1) is 0 Å². The number of hydrogen-bond donors (Lipinski definition) is 1. The van der Waals surface area contributed by atoms with E-state index in [0.29, 0.717) is 18.8 Å². The van der Waals surface area contributed by atoms with Gasteiger partial charge in [0, 0.05) is 13.1 Å². The molecule has 0 saturated heterocycles. The van der Waals surface area contributed by atoms with Crippen molar-refractivity contribution in [2.75, 3.05) is 7.05 Å². The zero-order valence-corrected chi connectivity index (χ0v) is 11.8. The van der Waals surface area contributed by atoms with E-state index in [2.05, 4.69) is 0 Å². The molecule has 0 aromatic heterocycles. The normalized spacial score (nSPS) is 27.6. The van der Waals surface area contributed by atoms with Crippen molar-refractivity contribution in [3.05, 3.63) is 0 Å². The van der Waals surface area contributed by atoms with Gasteiger partial charge in [0.2, 0.25) is 5.91 Å². The molecule has 1 saturated carbocycles. The highest BCUT2D eigenvalue weighted by Gasteiger charge is 2.43. The number of nitriles is 1. The molecule has 0 aromatic carbocycles. The van der Waals surface area contributed by atoms with Gasteiger partial charge in [-0.05, 0) is 25.7 Å². The van der Waals surface area contributed by atoms with Crippen molar-refractivity contribution in [1.82, 2.24) is 4.90 Å². The molecule has 106 valence electrons. The van der Waals surface area contributed by atoms with Gasteiger partial charge in [-0.25, -0.2) is 0 Å². The molecule has 4 atom stereocenters. The van der Waals surface area contributed by atoms with Crippen LogP contribution in [0.1, 0.15) is 39.5 Å². The number of aliphatic carboxylic acids is 1. The third kappa shape index (κ3) is 3.46. The van der Waals surface area contributed by atoms with Gasteiger partial charge >= 0.3 is 5.97 Å². The van der Waals surface area contributed by atoms with Crippen molar-refractivity contribution in [2.24, 2.45) is 17.8 Å². The number of carboxylic acids is 1. The molecule has 0 heterocycles. The zero-order chi connectivity index (χ0) is 14.6. The quantitative estimate of drug-likeness (QED) is 0.823. The van der Waals surface area contributed by atoms with Crippen LogP contribution >= 0.6 is 0 Å². The lowest BCUT2D eigenvalue weighted by molar-refractivity contribution is -0.149. The van der Waals surface area contributed by atoms with Gasteiger partial charge in [0.05, 0.1) is 24.3 Å². The molecule has 1 aliphatic carbocycles. The van der Waals surface area contributed by atoms with Gasteiger partial charge in [0.15, 0.2) is 0 Å². The van der Waals surface area contributed by atoms with Crippen LogP contribution in [0.4, 0.5) is 0 Å². The number of carboxylic acid groups (broad SMARTS) is 1. The van der Waals surface area contributed by atoms with Crippen LogP contribution < -0.4 is 0 Å². The molecule has 5 nitrogen and oxygen atoms in total. The molecule has 1 amide bonds. The van der Waals surface area contributed by atoms with E-state index in [9.17, 15) is 14.7 Å². The van der Waals surface area contributed by atoms with Crippen molar-refractivity contribution in [2.45, 2.75) is 45.6 Å². The van der Waals surface area contributed by atoms with Crippen LogP contribution in [0.25, 0.3) is 0 Å². The summed E-state index contributed by atoms with van der Waals surface area (Å²) < 4.78 is 0. The fourth-order valence-corrected chi connectivity index (χ4v) is 2.77. The minimum atomic E-state index is -0.879. The molecule has 5 heteroatoms. The molecule has 0 spiro atoms. The Bertz CT molecular complexity index is 389. The lowest BCUT2D eigenvalue weighted by Gasteiger charge is -2.27. The van der Waals surface area contributed by atoms with Crippen LogP contribution in [0.5, 0.6) is 0 Å². The summed E-state index contributed by atoms with van der Waals surface area (Å²) in [6.45, 7) is 3.83. The Morgan fingerprint density at radius 2 is 2.00 bits per heavy atom. The van der Waals surface area contributed by atoms with Crippen LogP contribution in [0.3, 0.4) is 0 Å². The first-order chi connectivity index (χ1) is 8.92. The summed E-state index contributed by atoms with van der Waals surface area (Å²) in [5.74, 6) is -1.71. The molecule has 0 radical (unpaired) electrons. The van der Waals surface area contributed by atoms with Gasteiger partial charge < -0.3 is 10.0 Å². The Morgan fingerprint density at radius 3 is 2.47 bits per heavy atom. The summed E-state index contributed by atoms with van der Waals surface area (Å²) in [6, 6.07) is 1.86. The van der Waals surface area contributed by atoms with Gasteiger partial charge in [-0.3, -0.25) is 9.59 Å². The standard InChI is InChI=1S/C14H22N2O3/c1-4-10-7-11(12(8-10)14(18)19)13(17)16(3)9(2)5-6-15/h9-12H,4-5,7-8H2,1-3H3,(H,18,19)/t9?,10?,11-,12+/m0/s1. The van der Waals surface area contributed by atoms with E-state index in [1.54, 1.807) is 7.05 Å². The Hall–Kier alpha value is -1.57. The van der Waals surface area contributed by atoms with Crippen molar-refractivity contribution in [3.8, 4) is 6.07 Å². The average Bonchev–Trinajstić information content (AvgIpc) is 2.81. The van der Waals surface area contributed by atoms with Gasteiger partial charge in [0.1, 0.15) is 0 Å². The van der Waals surface area contributed by atoms with E-state index in [0.717, 1.165) is 6.42 Å². The maximum absolute atomic E-state index is 12.4. The highest BCUT2D eigenvalue weighted by Crippen LogP contribution is 2.39. The van der Waals surface area contributed by atoms with E-state index >= 15 is 0 Å². The van der Waals surface area contributed by atoms with Gasteiger partial charge in [-0.1, -0.05) is 13.3 Å². The van der Waals surface area contributed by atoms with E-state index in [-0.39, 0.29) is 18.4 Å². The second kappa shape index (κ2) is 6.55. The number of hydrogen-bond acceptors (Lipinski definition) is 3. The van der Waals surface area contributed by atoms with E-state index in [4.69, 9.17) is 5.26 Å². The van der Waals surface area contributed by atoms with Crippen molar-refractivity contribution < 1.29 is 14.7 Å². The summed E-state index contributed by atoms with van der Waals surface area (Å²) in [4.78, 5) is 25.2. The van der Waals surface area contributed by atoms with E-state index in [1.807, 2.05) is 19.9 Å². The van der Waals surface area contributed by atoms with Gasteiger partial charge in [-0.2, -0.15) is 5.26 Å². The molecule has 2 unspecified atom stereocenters. The number of carbonyl (C=O) groups is 2. The third-order valence-electron chi connectivity index (χ3n) is 4.27. The molecule has 1 rings (SSSR count). The fourth-order valence-electron chi connectivity index (χ4n) is 2.77. The molecule has 0 aliphatic heterocycles. The average molecular weight is 266 g/mol. The Labute approximate surface area is 114 Å². The molecular formula is C14H22N2O3. The highest BCUT2D eigenvalue weighted by molar-refractivity contribution is 5.85. The summed E-state index contributed by atoms with van der Waals surface area (Å²) in [5.41, 5.74) is 0. The first-order valence-electron chi connectivity index (χ1n) is 6.78. The lowest BCUT2D eigenvalue weighted by Crippen LogP contribution is -2.41. The second-order valence-electron chi connectivity index (χ2n) is 5.46. The third-order valence-corrected chi connectivity index (χ3v) is 4.27. The first kappa shape index (κ1) is 15.5. The van der Waals surface area contributed by atoms with Crippen LogP contribution in [0.2, 0.25) is 0 Å². The maximum atomic E-state index is 12.4. The van der Waals surface area contributed by atoms with Crippen molar-refractivity contribution in [1.29, 1.82) is 5.26 Å². The molecule has 0 bridgehead atoms. The molecule has 1 fully saturated rings. The predicted molar refractivity (Wildman–Crippen MR) is 70.1 cm³/mol. The highest BCUT2D eigenvalue weighted by atomic mass is 16.4. The number of rotatable bonds is 5. The van der Waals surface area contributed by atoms with Crippen LogP contribution in [0, 0.1) is 29.1 Å². The Kier molecular flexibility index (Phi) is 5.34. The molecule has 19 heavy (non-hydrogen) atoms. The van der Waals surface area contributed by atoms with Gasteiger partial charge in [0.25, 0.3) is 0 Å². The second-order valence-corrected chi connectivity index (χ2v) is 5.46. The Morgan fingerprint density at radius 1 is 1.42 bits per heavy atom. The van der Waals surface area contributed by atoms with Crippen molar-refractivity contribution >= 4 is 11.9 Å². The smallest absolute Gasteiger partial charge is 0.307 e. The predicted octanol–water partition coefficient (Wildman–Crippen LogP) is 1.88. The van der Waals surface area contributed by atoms with E-state index < -0.39 is 17.8 Å². The number of carbonyl (C=O) groups excluding carboxylic acids is 1. The largest absolute Gasteiger partial charge is 0.481 e. The first-order valence-corrected chi connectivity index (χ1v) is 6.78. The summed E-state index contributed by atoms with van der Waals surface area (Å²) >= 11 is 0. The topological polar surface area (TPSA) is 81.4 Å².